The molecule has 0 aliphatic carbocycles. The Balaban J connectivity index is 2.21. The van der Waals surface area contributed by atoms with Gasteiger partial charge in [-0.15, -0.1) is 0 Å². The van der Waals surface area contributed by atoms with Crippen molar-refractivity contribution in [2.45, 2.75) is 46.1 Å². The summed E-state index contributed by atoms with van der Waals surface area (Å²) in [5.41, 5.74) is 2.42. The molecule has 1 atom stereocenters. The fourth-order valence-electron chi connectivity index (χ4n) is 2.57. The number of aliphatic carboxylic acids is 1. The van der Waals surface area contributed by atoms with Gasteiger partial charge in [0.15, 0.2) is 0 Å². The molecule has 0 bridgehead atoms. The maximum Gasteiger partial charge on any atom is 0.303 e. The van der Waals surface area contributed by atoms with Gasteiger partial charge >= 0.3 is 5.97 Å². The highest BCUT2D eigenvalue weighted by atomic mass is 16.4. The zero-order chi connectivity index (χ0) is 11.7. The lowest BCUT2D eigenvalue weighted by Crippen LogP contribution is -2.23. The van der Waals surface area contributed by atoms with Crippen LogP contribution in [-0.2, 0) is 24.2 Å². The Hall–Kier alpha value is -1.32. The third-order valence-corrected chi connectivity index (χ3v) is 3.36. The molecule has 1 aliphatic heterocycles. The zero-order valence-electron chi connectivity index (χ0n) is 9.86. The van der Waals surface area contributed by atoms with E-state index in [1.165, 1.54) is 5.69 Å². The molecule has 1 aromatic heterocycles. The fourth-order valence-corrected chi connectivity index (χ4v) is 2.57. The molecule has 1 aliphatic rings. The number of rotatable bonds is 3. The van der Waals surface area contributed by atoms with Crippen LogP contribution >= 0.6 is 0 Å². The van der Waals surface area contributed by atoms with Gasteiger partial charge in [-0.3, -0.25) is 4.79 Å². The van der Waals surface area contributed by atoms with Crippen molar-refractivity contribution >= 4 is 5.97 Å². The van der Waals surface area contributed by atoms with Crippen LogP contribution in [0.15, 0.2) is 0 Å². The number of fused-ring (bicyclic) bond motifs is 1. The molecule has 4 nitrogen and oxygen atoms in total. The molecule has 1 N–H and O–H groups in total. The Kier molecular flexibility index (Phi) is 2.99. The van der Waals surface area contributed by atoms with Gasteiger partial charge in [0.25, 0.3) is 0 Å². The van der Waals surface area contributed by atoms with Gasteiger partial charge in [-0.1, -0.05) is 6.92 Å². The number of aromatic nitrogens is 2. The first-order chi connectivity index (χ1) is 7.61. The first kappa shape index (κ1) is 11.2. The van der Waals surface area contributed by atoms with Crippen molar-refractivity contribution in [1.82, 2.24) is 9.55 Å². The average molecular weight is 222 g/mol. The second kappa shape index (κ2) is 4.28. The number of aryl methyl sites for hydroxylation is 2. The molecular formula is C12H18N2O2. The number of carbonyl (C=O) groups is 1. The predicted octanol–water partition coefficient (Wildman–Crippen LogP) is 1.79. The van der Waals surface area contributed by atoms with E-state index < -0.39 is 5.97 Å². The van der Waals surface area contributed by atoms with Crippen LogP contribution in [-0.4, -0.2) is 20.6 Å². The van der Waals surface area contributed by atoms with E-state index in [-0.39, 0.29) is 12.3 Å². The number of hydrogen-bond donors (Lipinski definition) is 1. The Morgan fingerprint density at radius 3 is 3.00 bits per heavy atom. The van der Waals surface area contributed by atoms with Crippen LogP contribution in [0.3, 0.4) is 0 Å². The lowest BCUT2D eigenvalue weighted by atomic mass is 9.94. The van der Waals surface area contributed by atoms with Crippen molar-refractivity contribution in [2.24, 2.45) is 5.92 Å². The van der Waals surface area contributed by atoms with E-state index in [1.807, 2.05) is 6.92 Å². The quantitative estimate of drug-likeness (QED) is 0.848. The minimum Gasteiger partial charge on any atom is -0.481 e. The van der Waals surface area contributed by atoms with Crippen LogP contribution in [0.4, 0.5) is 0 Å². The number of imidazole rings is 1. The highest BCUT2D eigenvalue weighted by Gasteiger charge is 2.24. The normalized spacial score (nSPS) is 19.5. The van der Waals surface area contributed by atoms with Crippen LogP contribution in [0.2, 0.25) is 0 Å². The number of carboxylic acids is 1. The lowest BCUT2D eigenvalue weighted by molar-refractivity contribution is -0.138. The summed E-state index contributed by atoms with van der Waals surface area (Å²) in [5.74, 6) is 0.676. The molecular weight excluding hydrogens is 204 g/mol. The maximum absolute atomic E-state index is 10.7. The molecule has 1 unspecified atom stereocenters. The van der Waals surface area contributed by atoms with Crippen LogP contribution < -0.4 is 0 Å². The number of hydrogen-bond acceptors (Lipinski definition) is 2. The summed E-state index contributed by atoms with van der Waals surface area (Å²) in [7, 11) is 0. The van der Waals surface area contributed by atoms with Gasteiger partial charge in [0.05, 0.1) is 5.69 Å². The van der Waals surface area contributed by atoms with Crippen molar-refractivity contribution in [1.29, 1.82) is 0 Å². The second-order valence-electron chi connectivity index (χ2n) is 4.53. The first-order valence-corrected chi connectivity index (χ1v) is 5.88. The standard InChI is InChI=1S/C12H18N2O2/c1-3-11-13-8(2)10-5-4-9(6-12(15)16)7-14(10)11/h9H,3-7H2,1-2H3,(H,15,16). The van der Waals surface area contributed by atoms with E-state index in [9.17, 15) is 4.79 Å². The molecule has 1 aromatic rings. The van der Waals surface area contributed by atoms with Gasteiger partial charge in [0.1, 0.15) is 5.82 Å². The minimum atomic E-state index is -0.691. The summed E-state index contributed by atoms with van der Waals surface area (Å²) in [6.07, 6.45) is 3.14. The summed E-state index contributed by atoms with van der Waals surface area (Å²) in [6.45, 7) is 4.96. The Morgan fingerprint density at radius 1 is 1.62 bits per heavy atom. The van der Waals surface area contributed by atoms with Crippen LogP contribution in [0.5, 0.6) is 0 Å². The molecule has 88 valence electrons. The van der Waals surface area contributed by atoms with Gasteiger partial charge in [0, 0.05) is 25.1 Å². The van der Waals surface area contributed by atoms with Crippen LogP contribution in [0.25, 0.3) is 0 Å². The van der Waals surface area contributed by atoms with Gasteiger partial charge in [0.2, 0.25) is 0 Å². The lowest BCUT2D eigenvalue weighted by Gasteiger charge is -2.24. The molecule has 2 heterocycles. The predicted molar refractivity (Wildman–Crippen MR) is 60.4 cm³/mol. The summed E-state index contributed by atoms with van der Waals surface area (Å²) < 4.78 is 2.23. The van der Waals surface area contributed by atoms with Crippen LogP contribution in [0, 0.1) is 12.8 Å². The molecule has 2 rings (SSSR count). The topological polar surface area (TPSA) is 55.1 Å². The largest absolute Gasteiger partial charge is 0.481 e. The van der Waals surface area contributed by atoms with Gasteiger partial charge in [-0.25, -0.2) is 4.98 Å². The fraction of sp³-hybridized carbons (Fsp3) is 0.667. The smallest absolute Gasteiger partial charge is 0.303 e. The zero-order valence-corrected chi connectivity index (χ0v) is 9.86. The minimum absolute atomic E-state index is 0.267. The van der Waals surface area contributed by atoms with Gasteiger partial charge in [-0.2, -0.15) is 0 Å². The highest BCUT2D eigenvalue weighted by molar-refractivity contribution is 5.67. The van der Waals surface area contributed by atoms with E-state index in [2.05, 4.69) is 16.5 Å². The molecule has 0 saturated heterocycles. The van der Waals surface area contributed by atoms with E-state index in [0.29, 0.717) is 0 Å². The van der Waals surface area contributed by atoms with Crippen LogP contribution in [0.1, 0.15) is 37.0 Å². The second-order valence-corrected chi connectivity index (χ2v) is 4.53. The molecule has 0 spiro atoms. The van der Waals surface area contributed by atoms with Gasteiger partial charge in [-0.05, 0) is 25.7 Å². The van der Waals surface area contributed by atoms with Crippen molar-refractivity contribution in [3.05, 3.63) is 17.2 Å². The average Bonchev–Trinajstić information content (AvgIpc) is 2.54. The number of carboxylic acid groups (broad SMARTS) is 1. The molecule has 0 amide bonds. The number of nitrogens with zero attached hydrogens (tertiary/aromatic N) is 2. The summed E-state index contributed by atoms with van der Waals surface area (Å²) >= 11 is 0. The molecule has 0 aromatic carbocycles. The molecule has 4 heteroatoms. The summed E-state index contributed by atoms with van der Waals surface area (Å²) in [5, 5.41) is 8.82. The van der Waals surface area contributed by atoms with Crippen molar-refractivity contribution in [3.63, 3.8) is 0 Å². The van der Waals surface area contributed by atoms with E-state index >= 15 is 0 Å². The van der Waals surface area contributed by atoms with Crippen molar-refractivity contribution in [3.8, 4) is 0 Å². The highest BCUT2D eigenvalue weighted by Crippen LogP contribution is 2.26. The molecule has 16 heavy (non-hydrogen) atoms. The first-order valence-electron chi connectivity index (χ1n) is 5.88. The molecule has 0 saturated carbocycles. The molecule has 0 fully saturated rings. The van der Waals surface area contributed by atoms with E-state index in [4.69, 9.17) is 5.11 Å². The van der Waals surface area contributed by atoms with Gasteiger partial charge < -0.3 is 9.67 Å². The SMILES string of the molecule is CCc1nc(C)c2n1CC(CC(=O)O)CC2. The van der Waals surface area contributed by atoms with E-state index in [1.54, 1.807) is 0 Å². The maximum atomic E-state index is 10.7. The van der Waals surface area contributed by atoms with E-state index in [0.717, 1.165) is 37.3 Å². The molecule has 0 radical (unpaired) electrons. The third kappa shape index (κ3) is 1.96. The monoisotopic (exact) mass is 222 g/mol. The Morgan fingerprint density at radius 2 is 2.38 bits per heavy atom. The van der Waals surface area contributed by atoms with Crippen molar-refractivity contribution < 1.29 is 9.90 Å². The Labute approximate surface area is 95.3 Å². The summed E-state index contributed by atoms with van der Waals surface area (Å²) in [6, 6.07) is 0. The van der Waals surface area contributed by atoms with Crippen molar-refractivity contribution in [2.75, 3.05) is 0 Å². The third-order valence-electron chi connectivity index (χ3n) is 3.36. The Bertz CT molecular complexity index is 409. The summed E-state index contributed by atoms with van der Waals surface area (Å²) in [4.78, 5) is 15.3.